The Morgan fingerprint density at radius 1 is 1.29 bits per heavy atom. The molecule has 24 heavy (non-hydrogen) atoms. The summed E-state index contributed by atoms with van der Waals surface area (Å²) < 4.78 is 10.9. The van der Waals surface area contributed by atoms with Crippen LogP contribution in [0.15, 0.2) is 24.3 Å². The number of rotatable bonds is 6. The summed E-state index contributed by atoms with van der Waals surface area (Å²) in [5.74, 6) is -0.110. The van der Waals surface area contributed by atoms with Crippen LogP contribution < -0.4 is 0 Å². The molecule has 1 aromatic rings. The van der Waals surface area contributed by atoms with Crippen molar-refractivity contribution in [3.05, 3.63) is 35.4 Å². The number of hydrogen-bond acceptors (Lipinski definition) is 4. The third-order valence-corrected chi connectivity index (χ3v) is 5.08. The van der Waals surface area contributed by atoms with Gasteiger partial charge in [-0.15, -0.1) is 0 Å². The van der Waals surface area contributed by atoms with Crippen molar-refractivity contribution in [1.82, 2.24) is 0 Å². The van der Waals surface area contributed by atoms with Gasteiger partial charge in [-0.25, -0.2) is 4.79 Å². The molecule has 0 saturated heterocycles. The molecular formula is C20H28O4. The minimum Gasteiger partial charge on any atom is -0.468 e. The largest absolute Gasteiger partial charge is 0.468 e. The Hall–Kier alpha value is -1.84. The monoisotopic (exact) mass is 332 g/mol. The summed E-state index contributed by atoms with van der Waals surface area (Å²) in [7, 11) is 1.41. The molecule has 0 aromatic heterocycles. The quantitative estimate of drug-likeness (QED) is 0.729. The van der Waals surface area contributed by atoms with Crippen LogP contribution in [-0.2, 0) is 14.3 Å². The summed E-state index contributed by atoms with van der Waals surface area (Å²) in [6.45, 7) is 6.15. The fourth-order valence-corrected chi connectivity index (χ4v) is 3.58. The van der Waals surface area contributed by atoms with Crippen molar-refractivity contribution in [1.29, 1.82) is 0 Å². The summed E-state index contributed by atoms with van der Waals surface area (Å²) in [6, 6.07) is 7.37. The molecule has 0 amide bonds. The molecule has 0 radical (unpaired) electrons. The van der Waals surface area contributed by atoms with Crippen LogP contribution in [0, 0.1) is 18.3 Å². The van der Waals surface area contributed by atoms with Crippen LogP contribution in [0.4, 0.5) is 0 Å². The first-order valence-corrected chi connectivity index (χ1v) is 8.75. The van der Waals surface area contributed by atoms with Crippen LogP contribution >= 0.6 is 0 Å². The van der Waals surface area contributed by atoms with Gasteiger partial charge in [0.25, 0.3) is 0 Å². The Balaban J connectivity index is 2.21. The third kappa shape index (κ3) is 3.80. The summed E-state index contributed by atoms with van der Waals surface area (Å²) in [6.07, 6.45) is 3.51. The van der Waals surface area contributed by atoms with Gasteiger partial charge in [0.2, 0.25) is 0 Å². The fraction of sp³-hybridized carbons (Fsp3) is 0.600. The highest BCUT2D eigenvalue weighted by atomic mass is 16.6. The van der Waals surface area contributed by atoms with E-state index in [1.807, 2.05) is 25.1 Å². The smallest absolute Gasteiger partial charge is 0.338 e. The summed E-state index contributed by atoms with van der Waals surface area (Å²) in [5, 5.41) is 0. The summed E-state index contributed by atoms with van der Waals surface area (Å²) in [4.78, 5) is 25.1. The van der Waals surface area contributed by atoms with Crippen molar-refractivity contribution in [3.8, 4) is 0 Å². The number of carbonyl (C=O) groups excluding carboxylic acids is 2. The minimum atomic E-state index is -0.697. The standard InChI is InChI=1S/C20H28O4/c1-14(2)11-13-20(19(22)23-4)12-7-10-17(20)24-18(21)16-9-6-5-8-15(16)3/h5-6,8-9,14,17H,7,10-13H2,1-4H3. The number of esters is 2. The number of methoxy groups -OCH3 is 1. The third-order valence-electron chi connectivity index (χ3n) is 5.08. The van der Waals surface area contributed by atoms with E-state index in [0.717, 1.165) is 24.8 Å². The van der Waals surface area contributed by atoms with E-state index in [0.29, 0.717) is 24.3 Å². The van der Waals surface area contributed by atoms with Gasteiger partial charge in [0.05, 0.1) is 12.7 Å². The topological polar surface area (TPSA) is 52.6 Å². The SMILES string of the molecule is COC(=O)C1(CCC(C)C)CCCC1OC(=O)c1ccccc1C. The molecule has 2 unspecified atom stereocenters. The van der Waals surface area contributed by atoms with Gasteiger partial charge in [-0.3, -0.25) is 4.79 Å². The Labute approximate surface area is 144 Å². The second-order valence-electron chi connectivity index (χ2n) is 7.18. The molecule has 0 aliphatic heterocycles. The molecule has 1 saturated carbocycles. The molecule has 4 nitrogen and oxygen atoms in total. The molecule has 1 aliphatic carbocycles. The highest BCUT2D eigenvalue weighted by Gasteiger charge is 2.51. The predicted octanol–water partition coefficient (Wildman–Crippen LogP) is 4.30. The number of carbonyl (C=O) groups is 2. The van der Waals surface area contributed by atoms with Crippen molar-refractivity contribution in [2.24, 2.45) is 11.3 Å². The van der Waals surface area contributed by atoms with Crippen LogP contribution in [0.2, 0.25) is 0 Å². The van der Waals surface area contributed by atoms with E-state index >= 15 is 0 Å². The van der Waals surface area contributed by atoms with Gasteiger partial charge >= 0.3 is 11.9 Å². The van der Waals surface area contributed by atoms with Crippen LogP contribution in [0.25, 0.3) is 0 Å². The average molecular weight is 332 g/mol. The summed E-state index contributed by atoms with van der Waals surface area (Å²) in [5.41, 5.74) is 0.746. The zero-order chi connectivity index (χ0) is 17.7. The predicted molar refractivity (Wildman–Crippen MR) is 92.8 cm³/mol. The molecule has 1 aliphatic rings. The molecule has 0 bridgehead atoms. The first-order valence-electron chi connectivity index (χ1n) is 8.75. The maximum absolute atomic E-state index is 12.6. The van der Waals surface area contributed by atoms with Crippen molar-refractivity contribution in [3.63, 3.8) is 0 Å². The van der Waals surface area contributed by atoms with Gasteiger partial charge in [-0.2, -0.15) is 0 Å². The molecule has 2 rings (SSSR count). The number of aryl methyl sites for hydroxylation is 1. The lowest BCUT2D eigenvalue weighted by atomic mass is 9.78. The van der Waals surface area contributed by atoms with Gasteiger partial charge in [0.15, 0.2) is 0 Å². The zero-order valence-electron chi connectivity index (χ0n) is 15.1. The van der Waals surface area contributed by atoms with Gasteiger partial charge < -0.3 is 9.47 Å². The van der Waals surface area contributed by atoms with Crippen molar-refractivity contribution in [2.75, 3.05) is 7.11 Å². The first kappa shape index (κ1) is 18.5. The van der Waals surface area contributed by atoms with E-state index in [1.165, 1.54) is 7.11 Å². The molecule has 0 spiro atoms. The van der Waals surface area contributed by atoms with E-state index in [1.54, 1.807) is 6.07 Å². The van der Waals surface area contributed by atoms with Crippen LogP contribution in [0.5, 0.6) is 0 Å². The number of ether oxygens (including phenoxy) is 2. The number of benzene rings is 1. The minimum absolute atomic E-state index is 0.247. The Morgan fingerprint density at radius 3 is 2.62 bits per heavy atom. The molecule has 4 heteroatoms. The van der Waals surface area contributed by atoms with E-state index in [4.69, 9.17) is 9.47 Å². The Morgan fingerprint density at radius 2 is 2.00 bits per heavy atom. The van der Waals surface area contributed by atoms with E-state index in [-0.39, 0.29) is 11.9 Å². The Kier molecular flexibility index (Phi) is 6.03. The van der Waals surface area contributed by atoms with Crippen LogP contribution in [-0.4, -0.2) is 25.2 Å². The molecule has 1 fully saturated rings. The highest BCUT2D eigenvalue weighted by molar-refractivity contribution is 5.91. The van der Waals surface area contributed by atoms with Gasteiger partial charge in [0.1, 0.15) is 11.5 Å². The molecule has 0 heterocycles. The van der Waals surface area contributed by atoms with Gasteiger partial charge in [-0.05, 0) is 56.6 Å². The second-order valence-corrected chi connectivity index (χ2v) is 7.18. The maximum atomic E-state index is 12.6. The van der Waals surface area contributed by atoms with E-state index in [2.05, 4.69) is 13.8 Å². The number of hydrogen-bond donors (Lipinski definition) is 0. The van der Waals surface area contributed by atoms with E-state index in [9.17, 15) is 9.59 Å². The lowest BCUT2D eigenvalue weighted by Crippen LogP contribution is -2.42. The van der Waals surface area contributed by atoms with Crippen molar-refractivity contribution in [2.45, 2.75) is 59.0 Å². The van der Waals surface area contributed by atoms with E-state index < -0.39 is 11.5 Å². The molecule has 0 N–H and O–H groups in total. The fourth-order valence-electron chi connectivity index (χ4n) is 3.58. The molecule has 132 valence electrons. The maximum Gasteiger partial charge on any atom is 0.338 e. The lowest BCUT2D eigenvalue weighted by Gasteiger charge is -2.33. The lowest BCUT2D eigenvalue weighted by molar-refractivity contribution is -0.159. The van der Waals surface area contributed by atoms with Crippen LogP contribution in [0.1, 0.15) is 61.9 Å². The summed E-state index contributed by atoms with van der Waals surface area (Å²) >= 11 is 0. The van der Waals surface area contributed by atoms with Gasteiger partial charge in [0, 0.05) is 0 Å². The normalized spacial score (nSPS) is 23.3. The van der Waals surface area contributed by atoms with Crippen molar-refractivity contribution >= 4 is 11.9 Å². The average Bonchev–Trinajstić information content (AvgIpc) is 2.96. The first-order chi connectivity index (χ1) is 11.4. The molecular weight excluding hydrogens is 304 g/mol. The van der Waals surface area contributed by atoms with Crippen LogP contribution in [0.3, 0.4) is 0 Å². The van der Waals surface area contributed by atoms with Crippen molar-refractivity contribution < 1.29 is 19.1 Å². The van der Waals surface area contributed by atoms with Gasteiger partial charge in [-0.1, -0.05) is 32.0 Å². The molecule has 1 aromatic carbocycles. The highest BCUT2D eigenvalue weighted by Crippen LogP contribution is 2.46. The molecule has 2 atom stereocenters. The second kappa shape index (κ2) is 7.82. The zero-order valence-corrected chi connectivity index (χ0v) is 15.1. The Bertz CT molecular complexity index is 593.